The van der Waals surface area contributed by atoms with Gasteiger partial charge in [0.1, 0.15) is 0 Å². The summed E-state index contributed by atoms with van der Waals surface area (Å²) in [6.45, 7) is 9.62. The van der Waals surface area contributed by atoms with E-state index in [0.29, 0.717) is 0 Å². The third kappa shape index (κ3) is 1.34. The van der Waals surface area contributed by atoms with Gasteiger partial charge in [-0.25, -0.2) is 0 Å². The average molecular weight is 192 g/mol. The summed E-state index contributed by atoms with van der Waals surface area (Å²) in [6.07, 6.45) is 5.60. The molecule has 0 fully saturated rings. The monoisotopic (exact) mass is 192 g/mol. The Morgan fingerprint density at radius 3 is 2.36 bits per heavy atom. The third-order valence-corrected chi connectivity index (χ3v) is 4.62. The van der Waals surface area contributed by atoms with Gasteiger partial charge in [0.25, 0.3) is 0 Å². The second-order valence-corrected chi connectivity index (χ2v) is 5.41. The predicted molar refractivity (Wildman–Crippen MR) is 62.2 cm³/mol. The summed E-state index contributed by atoms with van der Waals surface area (Å²) in [5.74, 6) is 3.71. The Morgan fingerprint density at radius 1 is 1.07 bits per heavy atom. The summed E-state index contributed by atoms with van der Waals surface area (Å²) in [5, 5.41) is 0. The van der Waals surface area contributed by atoms with Gasteiger partial charge in [0.05, 0.1) is 0 Å². The maximum Gasteiger partial charge on any atom is -0.0169 e. The lowest BCUT2D eigenvalue weighted by Gasteiger charge is -2.23. The Labute approximate surface area is 88.8 Å². The van der Waals surface area contributed by atoms with Gasteiger partial charge in [0.15, 0.2) is 0 Å². The van der Waals surface area contributed by atoms with Crippen molar-refractivity contribution in [2.75, 3.05) is 0 Å². The van der Waals surface area contributed by atoms with E-state index in [4.69, 9.17) is 0 Å². The average Bonchev–Trinajstić information content (AvgIpc) is 2.66. The molecule has 0 saturated heterocycles. The minimum absolute atomic E-state index is 0.890. The molecule has 0 radical (unpaired) electrons. The van der Waals surface area contributed by atoms with E-state index in [0.717, 1.165) is 23.7 Å². The zero-order chi connectivity index (χ0) is 10.3. The Hall–Kier alpha value is -0.260. The molecular weight excluding hydrogens is 168 g/mol. The zero-order valence-electron chi connectivity index (χ0n) is 10.1. The van der Waals surface area contributed by atoms with Crippen LogP contribution in [0.2, 0.25) is 0 Å². The molecule has 14 heavy (non-hydrogen) atoms. The molecule has 0 aliphatic heterocycles. The molecular formula is C14H24. The van der Waals surface area contributed by atoms with E-state index >= 15 is 0 Å². The number of hydrogen-bond donors (Lipinski definition) is 0. The minimum atomic E-state index is 0.890. The highest BCUT2D eigenvalue weighted by Gasteiger charge is 2.40. The molecule has 2 aliphatic rings. The summed E-state index contributed by atoms with van der Waals surface area (Å²) in [4.78, 5) is 0. The molecule has 0 aromatic rings. The van der Waals surface area contributed by atoms with Crippen molar-refractivity contribution >= 4 is 0 Å². The molecule has 2 aliphatic carbocycles. The van der Waals surface area contributed by atoms with Crippen molar-refractivity contribution < 1.29 is 0 Å². The van der Waals surface area contributed by atoms with Crippen molar-refractivity contribution in [3.63, 3.8) is 0 Å². The fourth-order valence-electron chi connectivity index (χ4n) is 3.98. The highest BCUT2D eigenvalue weighted by atomic mass is 14.5. The third-order valence-electron chi connectivity index (χ3n) is 4.62. The van der Waals surface area contributed by atoms with E-state index in [1.807, 2.05) is 11.1 Å². The van der Waals surface area contributed by atoms with Gasteiger partial charge in [0, 0.05) is 0 Å². The lowest BCUT2D eigenvalue weighted by atomic mass is 9.81. The molecule has 0 bridgehead atoms. The first-order valence-corrected chi connectivity index (χ1v) is 6.41. The number of allylic oxidation sites excluding steroid dienone is 2. The fraction of sp³-hybridized carbons (Fsp3) is 0.857. The Morgan fingerprint density at radius 2 is 1.79 bits per heavy atom. The van der Waals surface area contributed by atoms with Gasteiger partial charge < -0.3 is 0 Å². The molecule has 0 heterocycles. The minimum Gasteiger partial charge on any atom is -0.0673 e. The van der Waals surface area contributed by atoms with Crippen LogP contribution in [0.5, 0.6) is 0 Å². The smallest absolute Gasteiger partial charge is 0.0169 e. The highest BCUT2D eigenvalue weighted by Crippen LogP contribution is 2.52. The summed E-state index contributed by atoms with van der Waals surface area (Å²) < 4.78 is 0. The quantitative estimate of drug-likeness (QED) is 0.568. The molecule has 0 N–H and O–H groups in total. The van der Waals surface area contributed by atoms with E-state index in [2.05, 4.69) is 27.7 Å². The lowest BCUT2D eigenvalue weighted by molar-refractivity contribution is 0.346. The summed E-state index contributed by atoms with van der Waals surface area (Å²) in [5.41, 5.74) is 3.74. The standard InChI is InChI=1S/C14H24/c1-5-11-8-13-9(3)7-10(4)14(13)12(11)6-2/h9-12H,5-8H2,1-4H3. The van der Waals surface area contributed by atoms with Gasteiger partial charge >= 0.3 is 0 Å². The van der Waals surface area contributed by atoms with Gasteiger partial charge in [-0.05, 0) is 42.9 Å². The molecule has 0 spiro atoms. The highest BCUT2D eigenvalue weighted by molar-refractivity contribution is 5.32. The van der Waals surface area contributed by atoms with Gasteiger partial charge in [0.2, 0.25) is 0 Å². The van der Waals surface area contributed by atoms with Crippen LogP contribution in [0.3, 0.4) is 0 Å². The van der Waals surface area contributed by atoms with Crippen molar-refractivity contribution in [1.82, 2.24) is 0 Å². The summed E-state index contributed by atoms with van der Waals surface area (Å²) in [7, 11) is 0. The van der Waals surface area contributed by atoms with Crippen LogP contribution in [-0.4, -0.2) is 0 Å². The molecule has 0 amide bonds. The largest absolute Gasteiger partial charge is 0.0673 e. The van der Waals surface area contributed by atoms with Crippen LogP contribution in [0, 0.1) is 23.7 Å². The fourth-order valence-corrected chi connectivity index (χ4v) is 3.98. The van der Waals surface area contributed by atoms with E-state index in [-0.39, 0.29) is 0 Å². The summed E-state index contributed by atoms with van der Waals surface area (Å²) in [6, 6.07) is 0. The maximum absolute atomic E-state index is 2.44. The first kappa shape index (κ1) is 10.3. The van der Waals surface area contributed by atoms with Crippen molar-refractivity contribution in [3.8, 4) is 0 Å². The first-order chi connectivity index (χ1) is 6.69. The van der Waals surface area contributed by atoms with Crippen molar-refractivity contribution in [1.29, 1.82) is 0 Å². The summed E-state index contributed by atoms with van der Waals surface area (Å²) >= 11 is 0. The maximum atomic E-state index is 2.44. The van der Waals surface area contributed by atoms with E-state index in [1.54, 1.807) is 0 Å². The van der Waals surface area contributed by atoms with Crippen LogP contribution >= 0.6 is 0 Å². The molecule has 4 unspecified atom stereocenters. The van der Waals surface area contributed by atoms with E-state index in [9.17, 15) is 0 Å². The van der Waals surface area contributed by atoms with Crippen LogP contribution in [0.25, 0.3) is 0 Å². The molecule has 0 heteroatoms. The molecule has 4 atom stereocenters. The second-order valence-electron chi connectivity index (χ2n) is 5.41. The van der Waals surface area contributed by atoms with Gasteiger partial charge in [-0.1, -0.05) is 45.3 Å². The van der Waals surface area contributed by atoms with Gasteiger partial charge in [-0.2, -0.15) is 0 Å². The van der Waals surface area contributed by atoms with Gasteiger partial charge in [-0.15, -0.1) is 0 Å². The molecule has 0 aromatic carbocycles. The molecule has 80 valence electrons. The SMILES string of the molecule is CCC1CC2=C(C(C)CC2C)C1CC. The normalized spacial score (nSPS) is 42.0. The number of hydrogen-bond acceptors (Lipinski definition) is 0. The van der Waals surface area contributed by atoms with Gasteiger partial charge in [-0.3, -0.25) is 0 Å². The predicted octanol–water partition coefficient (Wildman–Crippen LogP) is 4.42. The zero-order valence-corrected chi connectivity index (χ0v) is 10.1. The molecule has 0 aromatic heterocycles. The Balaban J connectivity index is 2.25. The number of rotatable bonds is 2. The Kier molecular flexibility index (Phi) is 2.72. The van der Waals surface area contributed by atoms with Crippen molar-refractivity contribution in [2.45, 2.75) is 53.4 Å². The molecule has 2 rings (SSSR count). The van der Waals surface area contributed by atoms with E-state index in [1.165, 1.54) is 25.7 Å². The molecule has 0 nitrogen and oxygen atoms in total. The van der Waals surface area contributed by atoms with Crippen LogP contribution in [0.4, 0.5) is 0 Å². The molecule has 0 saturated carbocycles. The van der Waals surface area contributed by atoms with Crippen LogP contribution in [-0.2, 0) is 0 Å². The van der Waals surface area contributed by atoms with Crippen LogP contribution in [0.1, 0.15) is 53.4 Å². The van der Waals surface area contributed by atoms with Crippen LogP contribution < -0.4 is 0 Å². The van der Waals surface area contributed by atoms with E-state index < -0.39 is 0 Å². The van der Waals surface area contributed by atoms with Crippen molar-refractivity contribution in [3.05, 3.63) is 11.1 Å². The topological polar surface area (TPSA) is 0 Å². The first-order valence-electron chi connectivity index (χ1n) is 6.41. The lowest BCUT2D eigenvalue weighted by Crippen LogP contribution is -2.14. The van der Waals surface area contributed by atoms with Crippen molar-refractivity contribution in [2.24, 2.45) is 23.7 Å². The van der Waals surface area contributed by atoms with Crippen LogP contribution in [0.15, 0.2) is 11.1 Å². The second kappa shape index (κ2) is 3.72. The Bertz CT molecular complexity index is 249.